The fraction of sp³-hybridized carbons (Fsp3) is 0.312. The number of amides is 2. The first-order valence-electron chi connectivity index (χ1n) is 7.34. The predicted octanol–water partition coefficient (Wildman–Crippen LogP) is 1.41. The van der Waals surface area contributed by atoms with Crippen LogP contribution in [0.1, 0.15) is 23.3 Å². The molecule has 3 N–H and O–H groups in total. The highest BCUT2D eigenvalue weighted by Gasteiger charge is 2.28. The first-order chi connectivity index (χ1) is 10.6. The summed E-state index contributed by atoms with van der Waals surface area (Å²) in [7, 11) is 0. The zero-order valence-corrected chi connectivity index (χ0v) is 12.2. The van der Waals surface area contributed by atoms with Gasteiger partial charge in [0.15, 0.2) is 0 Å². The van der Waals surface area contributed by atoms with Crippen molar-refractivity contribution >= 4 is 11.8 Å². The number of piperidine rings is 1. The number of nitrogens with zero attached hydrogens (tertiary/aromatic N) is 2. The van der Waals surface area contributed by atoms with Gasteiger partial charge in [-0.2, -0.15) is 5.10 Å². The summed E-state index contributed by atoms with van der Waals surface area (Å²) in [4.78, 5) is 25.5. The Morgan fingerprint density at radius 1 is 1.27 bits per heavy atom. The van der Waals surface area contributed by atoms with Crippen molar-refractivity contribution in [2.24, 2.45) is 11.7 Å². The number of H-pyrrole nitrogens is 1. The van der Waals surface area contributed by atoms with Crippen molar-refractivity contribution in [3.8, 4) is 11.3 Å². The van der Waals surface area contributed by atoms with E-state index in [9.17, 15) is 9.59 Å². The zero-order chi connectivity index (χ0) is 15.5. The average Bonchev–Trinajstić information content (AvgIpc) is 3.05. The number of benzene rings is 1. The number of nitrogens with one attached hydrogen (secondary N) is 1. The van der Waals surface area contributed by atoms with Crippen LogP contribution in [0.5, 0.6) is 0 Å². The Hall–Kier alpha value is -2.63. The minimum Gasteiger partial charge on any atom is -0.369 e. The molecule has 6 nitrogen and oxygen atoms in total. The second-order valence-electron chi connectivity index (χ2n) is 5.53. The lowest BCUT2D eigenvalue weighted by atomic mass is 9.97. The molecule has 0 aliphatic carbocycles. The Balaban J connectivity index is 1.76. The lowest BCUT2D eigenvalue weighted by Gasteiger charge is -2.30. The molecule has 1 atom stereocenters. The highest BCUT2D eigenvalue weighted by atomic mass is 16.2. The van der Waals surface area contributed by atoms with E-state index in [2.05, 4.69) is 10.2 Å². The van der Waals surface area contributed by atoms with Gasteiger partial charge in [-0.1, -0.05) is 30.3 Å². The Labute approximate surface area is 128 Å². The van der Waals surface area contributed by atoms with Crippen molar-refractivity contribution in [1.29, 1.82) is 0 Å². The van der Waals surface area contributed by atoms with E-state index in [1.54, 1.807) is 11.0 Å². The van der Waals surface area contributed by atoms with Gasteiger partial charge >= 0.3 is 0 Å². The molecule has 0 radical (unpaired) electrons. The van der Waals surface area contributed by atoms with Crippen molar-refractivity contribution in [1.82, 2.24) is 15.1 Å². The summed E-state index contributed by atoms with van der Waals surface area (Å²) in [6.45, 7) is 1.02. The molecule has 1 aliphatic rings. The molecule has 0 saturated carbocycles. The minimum absolute atomic E-state index is 0.138. The Kier molecular flexibility index (Phi) is 3.91. The number of rotatable bonds is 3. The van der Waals surface area contributed by atoms with Crippen molar-refractivity contribution in [3.63, 3.8) is 0 Å². The fourth-order valence-electron chi connectivity index (χ4n) is 2.75. The molecule has 114 valence electrons. The molecule has 1 fully saturated rings. The summed E-state index contributed by atoms with van der Waals surface area (Å²) in [5, 5.41) is 6.98. The van der Waals surface area contributed by atoms with Crippen LogP contribution in [0.2, 0.25) is 0 Å². The van der Waals surface area contributed by atoms with E-state index in [1.165, 1.54) is 0 Å². The van der Waals surface area contributed by atoms with E-state index >= 15 is 0 Å². The third-order valence-electron chi connectivity index (χ3n) is 3.99. The minimum atomic E-state index is -0.341. The van der Waals surface area contributed by atoms with E-state index in [4.69, 9.17) is 5.73 Å². The summed E-state index contributed by atoms with van der Waals surface area (Å²) in [5.74, 6) is -0.734. The largest absolute Gasteiger partial charge is 0.369 e. The van der Waals surface area contributed by atoms with Crippen LogP contribution in [0.15, 0.2) is 36.4 Å². The van der Waals surface area contributed by atoms with Gasteiger partial charge < -0.3 is 10.6 Å². The number of primary amides is 1. The molecule has 22 heavy (non-hydrogen) atoms. The molecule has 0 bridgehead atoms. The molecule has 1 aromatic carbocycles. The molecule has 2 amide bonds. The number of carbonyl (C=O) groups excluding carboxylic acids is 2. The van der Waals surface area contributed by atoms with Crippen LogP contribution in [0.3, 0.4) is 0 Å². The predicted molar refractivity (Wildman–Crippen MR) is 81.8 cm³/mol. The maximum Gasteiger partial charge on any atom is 0.271 e. The molecule has 1 aliphatic heterocycles. The third kappa shape index (κ3) is 2.86. The van der Waals surface area contributed by atoms with Crippen molar-refractivity contribution in [2.45, 2.75) is 12.8 Å². The SMILES string of the molecule is NC(=O)[C@H]1CCCN(C(=O)c2cc(-c3ccccc3)n[nH]2)C1. The number of likely N-dealkylation sites (tertiary alicyclic amines) is 1. The second-order valence-corrected chi connectivity index (χ2v) is 5.53. The summed E-state index contributed by atoms with van der Waals surface area (Å²) in [6.07, 6.45) is 1.54. The quantitative estimate of drug-likeness (QED) is 0.897. The van der Waals surface area contributed by atoms with Crippen LogP contribution in [-0.4, -0.2) is 40.0 Å². The van der Waals surface area contributed by atoms with Crippen LogP contribution < -0.4 is 5.73 Å². The van der Waals surface area contributed by atoms with Crippen LogP contribution in [0, 0.1) is 5.92 Å². The number of nitrogens with two attached hydrogens (primary N) is 1. The maximum atomic E-state index is 12.5. The average molecular weight is 298 g/mol. The topological polar surface area (TPSA) is 92.1 Å². The first kappa shape index (κ1) is 14.3. The summed E-state index contributed by atoms with van der Waals surface area (Å²) >= 11 is 0. The Bertz CT molecular complexity index is 680. The molecule has 1 saturated heterocycles. The number of hydrogen-bond donors (Lipinski definition) is 2. The summed E-state index contributed by atoms with van der Waals surface area (Å²) < 4.78 is 0. The van der Waals surface area contributed by atoms with Gasteiger partial charge in [0.2, 0.25) is 5.91 Å². The number of carbonyl (C=O) groups is 2. The lowest BCUT2D eigenvalue weighted by molar-refractivity contribution is -0.123. The number of hydrogen-bond acceptors (Lipinski definition) is 3. The highest BCUT2D eigenvalue weighted by Crippen LogP contribution is 2.21. The molecule has 0 spiro atoms. The van der Waals surface area contributed by atoms with Crippen LogP contribution >= 0.6 is 0 Å². The van der Waals surface area contributed by atoms with Gasteiger partial charge in [0.25, 0.3) is 5.91 Å². The molecule has 2 aromatic rings. The monoisotopic (exact) mass is 298 g/mol. The molecule has 6 heteroatoms. The van der Waals surface area contributed by atoms with Gasteiger partial charge in [-0.3, -0.25) is 14.7 Å². The van der Waals surface area contributed by atoms with Crippen LogP contribution in [-0.2, 0) is 4.79 Å². The second kappa shape index (κ2) is 6.01. The van der Waals surface area contributed by atoms with Gasteiger partial charge in [-0.25, -0.2) is 0 Å². The molecule has 0 unspecified atom stereocenters. The van der Waals surface area contributed by atoms with Gasteiger partial charge in [0.05, 0.1) is 11.6 Å². The van der Waals surface area contributed by atoms with E-state index < -0.39 is 0 Å². The molecule has 1 aromatic heterocycles. The highest BCUT2D eigenvalue weighted by molar-refractivity contribution is 5.94. The Morgan fingerprint density at radius 2 is 2.05 bits per heavy atom. The fourth-order valence-corrected chi connectivity index (χ4v) is 2.75. The van der Waals surface area contributed by atoms with E-state index in [-0.39, 0.29) is 17.7 Å². The van der Waals surface area contributed by atoms with Crippen molar-refractivity contribution in [3.05, 3.63) is 42.1 Å². The Morgan fingerprint density at radius 3 is 2.77 bits per heavy atom. The summed E-state index contributed by atoms with van der Waals surface area (Å²) in [6, 6.07) is 11.4. The van der Waals surface area contributed by atoms with Crippen LogP contribution in [0.25, 0.3) is 11.3 Å². The van der Waals surface area contributed by atoms with Crippen molar-refractivity contribution in [2.75, 3.05) is 13.1 Å². The number of aromatic nitrogens is 2. The summed E-state index contributed by atoms with van der Waals surface area (Å²) in [5.41, 5.74) is 7.47. The molecule has 3 rings (SSSR count). The van der Waals surface area contributed by atoms with E-state index in [0.717, 1.165) is 24.1 Å². The van der Waals surface area contributed by atoms with Crippen molar-refractivity contribution < 1.29 is 9.59 Å². The molecular weight excluding hydrogens is 280 g/mol. The lowest BCUT2D eigenvalue weighted by Crippen LogP contribution is -2.44. The van der Waals surface area contributed by atoms with Gasteiger partial charge in [-0.05, 0) is 18.9 Å². The van der Waals surface area contributed by atoms with E-state index in [0.29, 0.717) is 18.8 Å². The third-order valence-corrected chi connectivity index (χ3v) is 3.99. The first-order valence-corrected chi connectivity index (χ1v) is 7.34. The maximum absolute atomic E-state index is 12.5. The molecule has 2 heterocycles. The van der Waals surface area contributed by atoms with Gasteiger partial charge in [0, 0.05) is 18.7 Å². The normalized spacial score (nSPS) is 18.2. The smallest absolute Gasteiger partial charge is 0.271 e. The van der Waals surface area contributed by atoms with E-state index in [1.807, 2.05) is 30.3 Å². The molecular formula is C16H18N4O2. The standard InChI is InChI=1S/C16H18N4O2/c17-15(21)12-7-4-8-20(10-12)16(22)14-9-13(18-19-14)11-5-2-1-3-6-11/h1-3,5-6,9,12H,4,7-8,10H2,(H2,17,21)(H,18,19)/t12-/m0/s1. The zero-order valence-electron chi connectivity index (χ0n) is 12.2. The van der Waals surface area contributed by atoms with Gasteiger partial charge in [-0.15, -0.1) is 0 Å². The van der Waals surface area contributed by atoms with Gasteiger partial charge in [0.1, 0.15) is 5.69 Å². The van der Waals surface area contributed by atoms with Crippen LogP contribution in [0.4, 0.5) is 0 Å². The number of aromatic amines is 1.